The van der Waals surface area contributed by atoms with E-state index < -0.39 is 42.8 Å². The number of hydrogen-bond acceptors (Lipinski definition) is 11. The highest BCUT2D eigenvalue weighted by molar-refractivity contribution is 5.94. The first-order valence-corrected chi connectivity index (χ1v) is 21.7. The smallest absolute Gasteiger partial charge is 0.337 e. The van der Waals surface area contributed by atoms with Crippen LogP contribution in [-0.4, -0.2) is 107 Å². The number of hydrogen-bond donors (Lipinski definition) is 6. The summed E-state index contributed by atoms with van der Waals surface area (Å²) in [6.45, 7) is 12.4. The fourth-order valence-electron chi connectivity index (χ4n) is 6.42. The highest BCUT2D eigenvalue weighted by Crippen LogP contribution is 2.29. The average Bonchev–Trinajstić information content (AvgIpc) is 3.24. The van der Waals surface area contributed by atoms with Gasteiger partial charge in [0.1, 0.15) is 30.4 Å². The minimum atomic E-state index is -1.70. The van der Waals surface area contributed by atoms with Crippen molar-refractivity contribution in [2.24, 2.45) is 17.8 Å². The molecule has 9 atom stereocenters. The number of methoxy groups -OCH3 is 1. The monoisotopic (exact) mass is 866 g/mol. The van der Waals surface area contributed by atoms with E-state index in [1.807, 2.05) is 56.2 Å². The second kappa shape index (κ2) is 32.1. The standard InChI is InChI=1S/C49H75N3O10/c1-35(25-17-14-15-23-31-52(7)34-50)26-18-16-19-27-36(2)33-39(5)45(61-49-44(57)42(55)43(56)46(62-49)48(59)60-8)37(3)28-20-12-10-9-11-13-21-29-38(4)47(58)51-40(6)41(54)30-22-24-32-53/h9-14,17-18,20-21,26,28-29,32-37,42-46,49-50,54-57H,15-16,19,22-25,27,30-31H2,1-8H3,(H,51,58)/b11-9+,12-10+,17-14+,21-13+,26-18+,28-20+,38-29+,39-33+,41-40-,50-34?. The Morgan fingerprint density at radius 2 is 1.50 bits per heavy atom. The van der Waals surface area contributed by atoms with Crippen molar-refractivity contribution in [3.05, 3.63) is 108 Å². The van der Waals surface area contributed by atoms with Crippen molar-refractivity contribution in [2.75, 3.05) is 20.7 Å². The molecule has 1 rings (SSSR count). The Morgan fingerprint density at radius 3 is 2.16 bits per heavy atom. The lowest BCUT2D eigenvalue weighted by molar-refractivity contribution is -0.303. The number of carbonyl (C=O) groups is 3. The third-order valence-electron chi connectivity index (χ3n) is 10.3. The van der Waals surface area contributed by atoms with Crippen molar-refractivity contribution in [2.45, 2.75) is 136 Å². The predicted octanol–water partition coefficient (Wildman–Crippen LogP) is 7.64. The Morgan fingerprint density at radius 1 is 0.839 bits per heavy atom. The zero-order valence-electron chi connectivity index (χ0n) is 38.2. The van der Waals surface area contributed by atoms with Gasteiger partial charge in [-0.05, 0) is 83.1 Å². The molecule has 0 aromatic rings. The third-order valence-corrected chi connectivity index (χ3v) is 10.3. The van der Waals surface area contributed by atoms with Crippen molar-refractivity contribution in [1.82, 2.24) is 10.2 Å². The Labute approximate surface area is 370 Å². The van der Waals surface area contributed by atoms with Gasteiger partial charge in [-0.1, -0.05) is 106 Å². The van der Waals surface area contributed by atoms with Gasteiger partial charge in [0, 0.05) is 37.9 Å². The fraction of sp³-hybridized carbons (Fsp3) is 0.551. The molecule has 1 aliphatic rings. The van der Waals surface area contributed by atoms with Crippen LogP contribution in [0.1, 0.15) is 99.3 Å². The molecule has 0 aliphatic carbocycles. The number of esters is 1. The second-order valence-electron chi connectivity index (χ2n) is 16.0. The van der Waals surface area contributed by atoms with Gasteiger partial charge in [-0.15, -0.1) is 0 Å². The van der Waals surface area contributed by atoms with Gasteiger partial charge in [-0.3, -0.25) is 10.2 Å². The molecule has 0 bridgehead atoms. The van der Waals surface area contributed by atoms with Gasteiger partial charge < -0.3 is 49.6 Å². The summed E-state index contributed by atoms with van der Waals surface area (Å²) >= 11 is 0. The summed E-state index contributed by atoms with van der Waals surface area (Å²) in [6, 6.07) is 0. The predicted molar refractivity (Wildman–Crippen MR) is 246 cm³/mol. The van der Waals surface area contributed by atoms with E-state index in [0.29, 0.717) is 36.5 Å². The van der Waals surface area contributed by atoms with E-state index in [1.54, 1.807) is 38.2 Å². The fourth-order valence-corrected chi connectivity index (χ4v) is 6.42. The lowest BCUT2D eigenvalue weighted by Gasteiger charge is -2.41. The summed E-state index contributed by atoms with van der Waals surface area (Å²) in [5.41, 5.74) is 1.68. The number of rotatable bonds is 29. The molecular weight excluding hydrogens is 791 g/mol. The van der Waals surface area contributed by atoms with Gasteiger partial charge in [-0.25, -0.2) is 4.79 Å². The molecule has 0 saturated carbocycles. The van der Waals surface area contributed by atoms with Crippen LogP contribution in [0.5, 0.6) is 0 Å². The van der Waals surface area contributed by atoms with Gasteiger partial charge in [0.05, 0.1) is 25.2 Å². The lowest BCUT2D eigenvalue weighted by atomic mass is 9.92. The van der Waals surface area contributed by atoms with Crippen molar-refractivity contribution in [3.8, 4) is 0 Å². The number of allylic oxidation sites excluding steroid dienone is 15. The molecule has 62 heavy (non-hydrogen) atoms. The number of carbonyl (C=O) groups excluding carboxylic acids is 3. The Balaban J connectivity index is 2.96. The van der Waals surface area contributed by atoms with E-state index in [-0.39, 0.29) is 23.5 Å². The van der Waals surface area contributed by atoms with Gasteiger partial charge in [0.2, 0.25) is 0 Å². The second-order valence-corrected chi connectivity index (χ2v) is 16.0. The van der Waals surface area contributed by atoms with Crippen molar-refractivity contribution in [1.29, 1.82) is 5.41 Å². The molecule has 0 aromatic carbocycles. The van der Waals surface area contributed by atoms with E-state index in [9.17, 15) is 34.8 Å². The summed E-state index contributed by atoms with van der Waals surface area (Å²) < 4.78 is 16.8. The van der Waals surface area contributed by atoms with E-state index in [1.165, 1.54) is 6.34 Å². The Bertz CT molecular complexity index is 1640. The number of aliphatic hydroxyl groups is 4. The number of amides is 1. The third kappa shape index (κ3) is 22.4. The van der Waals surface area contributed by atoms with Crippen LogP contribution < -0.4 is 5.32 Å². The van der Waals surface area contributed by atoms with Gasteiger partial charge >= 0.3 is 5.97 Å². The first-order chi connectivity index (χ1) is 29.6. The summed E-state index contributed by atoms with van der Waals surface area (Å²) in [5.74, 6) is -0.788. The summed E-state index contributed by atoms with van der Waals surface area (Å²) in [5, 5.41) is 51.8. The Hall–Kier alpha value is -4.66. The number of aldehydes is 1. The first-order valence-electron chi connectivity index (χ1n) is 21.7. The highest BCUT2D eigenvalue weighted by Gasteiger charge is 2.48. The quantitative estimate of drug-likeness (QED) is 0.00497. The van der Waals surface area contributed by atoms with E-state index in [2.05, 4.69) is 49.5 Å². The maximum atomic E-state index is 12.4. The van der Waals surface area contributed by atoms with Gasteiger partial charge in [0.25, 0.3) is 5.91 Å². The highest BCUT2D eigenvalue weighted by atomic mass is 16.7. The molecule has 1 aliphatic heterocycles. The van der Waals surface area contributed by atoms with Crippen molar-refractivity contribution in [3.63, 3.8) is 0 Å². The van der Waals surface area contributed by atoms with Crippen LogP contribution >= 0.6 is 0 Å². The molecule has 0 spiro atoms. The molecule has 6 N–H and O–H groups in total. The molecule has 9 unspecified atom stereocenters. The lowest BCUT2D eigenvalue weighted by Crippen LogP contribution is -2.61. The zero-order chi connectivity index (χ0) is 46.5. The molecule has 1 saturated heterocycles. The maximum absolute atomic E-state index is 12.4. The van der Waals surface area contributed by atoms with Crippen LogP contribution in [0.25, 0.3) is 0 Å². The summed E-state index contributed by atoms with van der Waals surface area (Å²) in [4.78, 5) is 37.2. The van der Waals surface area contributed by atoms with Crippen molar-refractivity contribution < 1.29 is 49.0 Å². The molecule has 1 heterocycles. The van der Waals surface area contributed by atoms with E-state index in [0.717, 1.165) is 64.0 Å². The molecule has 13 heteroatoms. The number of nitrogens with one attached hydrogen (secondary N) is 2. The number of unbranched alkanes of at least 4 members (excludes halogenated alkanes) is 3. The van der Waals surface area contributed by atoms with Crippen LogP contribution in [0.4, 0.5) is 0 Å². The number of ether oxygens (including phenoxy) is 3. The van der Waals surface area contributed by atoms with Crippen LogP contribution in [0.2, 0.25) is 0 Å². The van der Waals surface area contributed by atoms with Crippen LogP contribution in [-0.2, 0) is 28.6 Å². The minimum Gasteiger partial charge on any atom is -0.511 e. The van der Waals surface area contributed by atoms with Crippen molar-refractivity contribution >= 4 is 24.5 Å². The molecule has 1 amide bonds. The number of nitrogens with zero attached hydrogens (tertiary/aromatic N) is 1. The first kappa shape index (κ1) is 55.4. The topological polar surface area (TPSA) is 199 Å². The van der Waals surface area contributed by atoms with Crippen LogP contribution in [0, 0.1) is 23.2 Å². The SMILES string of the molecule is COC(=O)C1OC(OC(/C(C)=C/C(C)CCC/C=C/C(C)C/C=C/CCCN(C)C=N)C(C)/C=C/C=C/C=C/C=C/C=C(\C)C(=O)N/C(C)=C(\O)CCCC=O)C(O)C(O)C1O. The van der Waals surface area contributed by atoms with E-state index >= 15 is 0 Å². The van der Waals surface area contributed by atoms with Crippen LogP contribution in [0.3, 0.4) is 0 Å². The molecule has 13 nitrogen and oxygen atoms in total. The average molecular weight is 866 g/mol. The molecule has 0 aromatic heterocycles. The molecular formula is C49H75N3O10. The normalized spacial score (nSPS) is 22.7. The molecule has 346 valence electrons. The summed E-state index contributed by atoms with van der Waals surface area (Å²) in [7, 11) is 3.05. The minimum absolute atomic E-state index is 0.0463. The maximum Gasteiger partial charge on any atom is 0.337 e. The Kier molecular flexibility index (Phi) is 28.6. The molecule has 0 radical (unpaired) electrons. The van der Waals surface area contributed by atoms with Gasteiger partial charge in [-0.2, -0.15) is 0 Å². The molecule has 1 fully saturated rings. The zero-order valence-corrected chi connectivity index (χ0v) is 38.2. The van der Waals surface area contributed by atoms with Crippen LogP contribution in [0.15, 0.2) is 108 Å². The van der Waals surface area contributed by atoms with Gasteiger partial charge in [0.15, 0.2) is 12.4 Å². The van der Waals surface area contributed by atoms with E-state index in [4.69, 9.17) is 19.6 Å². The summed E-state index contributed by atoms with van der Waals surface area (Å²) in [6.07, 6.45) is 28.0. The largest absolute Gasteiger partial charge is 0.511 e. The number of aliphatic hydroxyl groups excluding tert-OH is 4.